The molecule has 5 nitrogen and oxygen atoms in total. The van der Waals surface area contributed by atoms with E-state index >= 15 is 0 Å². The number of nitrogens with two attached hydrogens (primary N) is 1. The molecule has 6 heteroatoms. The van der Waals surface area contributed by atoms with E-state index in [0.29, 0.717) is 12.2 Å². The SMILES string of the molecule is CC(N)c1nc(C(=O)NCCN2CCCCCC2)cs1. The molecule has 1 amide bonds. The van der Waals surface area contributed by atoms with Crippen molar-refractivity contribution >= 4 is 17.2 Å². The van der Waals surface area contributed by atoms with Gasteiger partial charge in [0, 0.05) is 18.5 Å². The molecule has 1 aliphatic rings. The maximum absolute atomic E-state index is 12.0. The third-order valence-corrected chi connectivity index (χ3v) is 4.60. The molecule has 3 N–H and O–H groups in total. The summed E-state index contributed by atoms with van der Waals surface area (Å²) in [6.45, 7) is 5.79. The normalized spacial score (nSPS) is 18.5. The lowest BCUT2D eigenvalue weighted by atomic mass is 10.2. The van der Waals surface area contributed by atoms with Gasteiger partial charge < -0.3 is 16.0 Å². The summed E-state index contributed by atoms with van der Waals surface area (Å²) in [4.78, 5) is 18.7. The van der Waals surface area contributed by atoms with Crippen molar-refractivity contribution in [3.05, 3.63) is 16.1 Å². The molecule has 0 aromatic carbocycles. The zero-order valence-electron chi connectivity index (χ0n) is 12.1. The smallest absolute Gasteiger partial charge is 0.270 e. The van der Waals surface area contributed by atoms with Crippen LogP contribution in [-0.4, -0.2) is 42.0 Å². The van der Waals surface area contributed by atoms with E-state index in [0.717, 1.165) is 24.6 Å². The standard InChI is InChI=1S/C14H24N4OS/c1-11(15)14-17-12(10-20-14)13(19)16-6-9-18-7-4-2-3-5-8-18/h10-11H,2-9,15H2,1H3,(H,16,19). The van der Waals surface area contributed by atoms with Crippen LogP contribution >= 0.6 is 11.3 Å². The van der Waals surface area contributed by atoms with Gasteiger partial charge in [-0.05, 0) is 32.9 Å². The third kappa shape index (κ3) is 4.54. The van der Waals surface area contributed by atoms with Crippen LogP contribution in [0.15, 0.2) is 5.38 Å². The van der Waals surface area contributed by atoms with Crippen LogP contribution in [0.1, 0.15) is 54.1 Å². The van der Waals surface area contributed by atoms with E-state index in [4.69, 9.17) is 5.73 Å². The van der Waals surface area contributed by atoms with E-state index in [1.54, 1.807) is 5.38 Å². The maximum Gasteiger partial charge on any atom is 0.270 e. The van der Waals surface area contributed by atoms with E-state index in [-0.39, 0.29) is 11.9 Å². The first-order chi connectivity index (χ1) is 9.66. The van der Waals surface area contributed by atoms with E-state index < -0.39 is 0 Å². The van der Waals surface area contributed by atoms with Gasteiger partial charge in [0.15, 0.2) is 0 Å². The molecule has 0 aliphatic carbocycles. The highest BCUT2D eigenvalue weighted by atomic mass is 32.1. The molecule has 0 radical (unpaired) electrons. The molecule has 0 saturated carbocycles. The summed E-state index contributed by atoms with van der Waals surface area (Å²) in [5.74, 6) is -0.0945. The molecule has 1 atom stereocenters. The molecule has 1 fully saturated rings. The minimum absolute atomic E-state index is 0.0945. The van der Waals surface area contributed by atoms with Gasteiger partial charge in [0.1, 0.15) is 10.7 Å². The number of hydrogen-bond donors (Lipinski definition) is 2. The van der Waals surface area contributed by atoms with Crippen molar-refractivity contribution in [2.45, 2.75) is 38.6 Å². The van der Waals surface area contributed by atoms with Gasteiger partial charge in [-0.2, -0.15) is 0 Å². The monoisotopic (exact) mass is 296 g/mol. The Kier molecular flexibility index (Phi) is 5.94. The molecule has 1 aromatic heterocycles. The summed E-state index contributed by atoms with van der Waals surface area (Å²) in [6, 6.07) is -0.112. The molecular weight excluding hydrogens is 272 g/mol. The lowest BCUT2D eigenvalue weighted by Gasteiger charge is -2.19. The number of likely N-dealkylation sites (tertiary alicyclic amines) is 1. The zero-order chi connectivity index (χ0) is 14.4. The summed E-state index contributed by atoms with van der Waals surface area (Å²) >= 11 is 1.44. The van der Waals surface area contributed by atoms with Gasteiger partial charge in [0.2, 0.25) is 0 Å². The average molecular weight is 296 g/mol. The number of carbonyl (C=O) groups excluding carboxylic acids is 1. The molecule has 112 valence electrons. The van der Waals surface area contributed by atoms with Crippen molar-refractivity contribution in [3.8, 4) is 0 Å². The van der Waals surface area contributed by atoms with Gasteiger partial charge in [-0.1, -0.05) is 12.8 Å². The first-order valence-corrected chi connectivity index (χ1v) is 8.26. The number of hydrogen-bond acceptors (Lipinski definition) is 5. The minimum Gasteiger partial charge on any atom is -0.349 e. The molecule has 1 aromatic rings. The van der Waals surface area contributed by atoms with Gasteiger partial charge in [0.25, 0.3) is 5.91 Å². The number of nitrogens with zero attached hydrogens (tertiary/aromatic N) is 2. The van der Waals surface area contributed by atoms with Crippen LogP contribution in [0.4, 0.5) is 0 Å². The first-order valence-electron chi connectivity index (χ1n) is 7.38. The molecule has 2 heterocycles. The number of thiazole rings is 1. The second-order valence-corrected chi connectivity index (χ2v) is 6.26. The highest BCUT2D eigenvalue weighted by Gasteiger charge is 2.13. The van der Waals surface area contributed by atoms with Crippen LogP contribution in [0.2, 0.25) is 0 Å². The molecule has 20 heavy (non-hydrogen) atoms. The average Bonchev–Trinajstić information content (AvgIpc) is 2.78. The molecule has 0 spiro atoms. The predicted octanol–water partition coefficient (Wildman–Crippen LogP) is 1.77. The lowest BCUT2D eigenvalue weighted by molar-refractivity contribution is 0.0944. The van der Waals surface area contributed by atoms with Crippen LogP contribution in [0, 0.1) is 0 Å². The number of rotatable bonds is 5. The van der Waals surface area contributed by atoms with Crippen LogP contribution in [0.25, 0.3) is 0 Å². The van der Waals surface area contributed by atoms with E-state index in [1.165, 1.54) is 37.0 Å². The second kappa shape index (κ2) is 7.71. The van der Waals surface area contributed by atoms with Gasteiger partial charge in [-0.15, -0.1) is 11.3 Å². The predicted molar refractivity (Wildman–Crippen MR) is 82.0 cm³/mol. The van der Waals surface area contributed by atoms with Crippen molar-refractivity contribution in [1.82, 2.24) is 15.2 Å². The van der Waals surface area contributed by atoms with Crippen molar-refractivity contribution in [2.24, 2.45) is 5.73 Å². The Morgan fingerprint density at radius 3 is 2.75 bits per heavy atom. The Morgan fingerprint density at radius 1 is 1.45 bits per heavy atom. The molecule has 2 rings (SSSR count). The molecule has 1 saturated heterocycles. The number of nitrogens with one attached hydrogen (secondary N) is 1. The summed E-state index contributed by atoms with van der Waals surface area (Å²) in [5, 5.41) is 5.53. The van der Waals surface area contributed by atoms with Crippen molar-refractivity contribution in [1.29, 1.82) is 0 Å². The van der Waals surface area contributed by atoms with Crippen LogP contribution in [0.5, 0.6) is 0 Å². The van der Waals surface area contributed by atoms with Crippen LogP contribution in [-0.2, 0) is 0 Å². The zero-order valence-corrected chi connectivity index (χ0v) is 12.9. The Morgan fingerprint density at radius 2 is 2.15 bits per heavy atom. The minimum atomic E-state index is -0.112. The molecule has 1 aliphatic heterocycles. The first kappa shape index (κ1) is 15.4. The summed E-state index contributed by atoms with van der Waals surface area (Å²) in [5.41, 5.74) is 6.23. The summed E-state index contributed by atoms with van der Waals surface area (Å²) in [7, 11) is 0. The van der Waals surface area contributed by atoms with Crippen LogP contribution in [0.3, 0.4) is 0 Å². The van der Waals surface area contributed by atoms with Crippen molar-refractivity contribution in [3.63, 3.8) is 0 Å². The highest BCUT2D eigenvalue weighted by molar-refractivity contribution is 7.09. The quantitative estimate of drug-likeness (QED) is 0.868. The number of carbonyl (C=O) groups is 1. The highest BCUT2D eigenvalue weighted by Crippen LogP contribution is 2.15. The Bertz CT molecular complexity index is 425. The van der Waals surface area contributed by atoms with Crippen molar-refractivity contribution < 1.29 is 4.79 Å². The van der Waals surface area contributed by atoms with E-state index in [1.807, 2.05) is 6.92 Å². The van der Waals surface area contributed by atoms with Crippen LogP contribution < -0.4 is 11.1 Å². The van der Waals surface area contributed by atoms with E-state index in [9.17, 15) is 4.79 Å². The number of aromatic nitrogens is 1. The maximum atomic E-state index is 12.0. The topological polar surface area (TPSA) is 71.2 Å². The lowest BCUT2D eigenvalue weighted by Crippen LogP contribution is -2.35. The number of amides is 1. The summed E-state index contributed by atoms with van der Waals surface area (Å²) < 4.78 is 0. The molecular formula is C14H24N4OS. The van der Waals surface area contributed by atoms with Gasteiger partial charge in [-0.3, -0.25) is 4.79 Å². The second-order valence-electron chi connectivity index (χ2n) is 5.37. The van der Waals surface area contributed by atoms with Gasteiger partial charge >= 0.3 is 0 Å². The fourth-order valence-corrected chi connectivity index (χ4v) is 3.14. The molecule has 0 bridgehead atoms. The van der Waals surface area contributed by atoms with E-state index in [2.05, 4.69) is 15.2 Å². The van der Waals surface area contributed by atoms with Crippen molar-refractivity contribution in [2.75, 3.05) is 26.2 Å². The fourth-order valence-electron chi connectivity index (χ4n) is 2.38. The largest absolute Gasteiger partial charge is 0.349 e. The third-order valence-electron chi connectivity index (χ3n) is 3.56. The fraction of sp³-hybridized carbons (Fsp3) is 0.714. The van der Waals surface area contributed by atoms with Gasteiger partial charge in [0.05, 0.1) is 6.04 Å². The molecule has 1 unspecified atom stereocenters. The Balaban J connectivity index is 1.73. The Hall–Kier alpha value is -0.980. The summed E-state index contributed by atoms with van der Waals surface area (Å²) in [6.07, 6.45) is 5.22. The Labute approximate surface area is 124 Å². The van der Waals surface area contributed by atoms with Gasteiger partial charge in [-0.25, -0.2) is 4.98 Å².